The molecule has 1 unspecified atom stereocenters. The molecule has 0 aromatic rings. The number of thioether (sulfide) groups is 1. The van der Waals surface area contributed by atoms with Crippen LogP contribution in [0.3, 0.4) is 0 Å². The highest BCUT2D eigenvalue weighted by Crippen LogP contribution is 2.32. The van der Waals surface area contributed by atoms with Gasteiger partial charge in [-0.2, -0.15) is 11.8 Å². The van der Waals surface area contributed by atoms with Crippen molar-refractivity contribution in [3.05, 3.63) is 0 Å². The van der Waals surface area contributed by atoms with Gasteiger partial charge in [-0.3, -0.25) is 0 Å². The Morgan fingerprint density at radius 3 is 2.08 bits per heavy atom. The molecule has 0 radical (unpaired) electrons. The summed E-state index contributed by atoms with van der Waals surface area (Å²) in [6.07, 6.45) is 4.86. The molecule has 0 fully saturated rings. The molecular formula is C12H26S. The average molecular weight is 202 g/mol. The molecule has 0 N–H and O–H groups in total. The van der Waals surface area contributed by atoms with Crippen LogP contribution >= 0.6 is 11.8 Å². The molecule has 0 saturated heterocycles. The summed E-state index contributed by atoms with van der Waals surface area (Å²) in [6.45, 7) is 11.8. The topological polar surface area (TPSA) is 0 Å². The normalized spacial score (nSPS) is 17.1. The van der Waals surface area contributed by atoms with E-state index in [1.807, 2.05) is 11.8 Å². The Bertz CT molecular complexity index is 129. The van der Waals surface area contributed by atoms with Crippen LogP contribution in [0.5, 0.6) is 0 Å². The van der Waals surface area contributed by atoms with Crippen LogP contribution in [0.1, 0.15) is 47.5 Å². The zero-order valence-electron chi connectivity index (χ0n) is 10.2. The Morgan fingerprint density at radius 1 is 1.15 bits per heavy atom. The molecular weight excluding hydrogens is 176 g/mol. The van der Waals surface area contributed by atoms with Gasteiger partial charge in [0.15, 0.2) is 0 Å². The summed E-state index contributed by atoms with van der Waals surface area (Å²) in [5.41, 5.74) is 0.534. The van der Waals surface area contributed by atoms with E-state index in [2.05, 4.69) is 40.9 Å². The lowest BCUT2D eigenvalue weighted by atomic mass is 9.78. The molecule has 13 heavy (non-hydrogen) atoms. The van der Waals surface area contributed by atoms with Crippen LogP contribution in [0, 0.1) is 17.3 Å². The smallest absolute Gasteiger partial charge is 0.00420 e. The van der Waals surface area contributed by atoms with E-state index < -0.39 is 0 Å². The fourth-order valence-corrected chi connectivity index (χ4v) is 2.50. The predicted octanol–water partition coefficient (Wildman–Crippen LogP) is 4.45. The maximum absolute atomic E-state index is 2.40. The SMILES string of the molecule is CCC(C)(C)CC(C)[C@H](C)CSC. The van der Waals surface area contributed by atoms with Crippen molar-refractivity contribution in [2.24, 2.45) is 17.3 Å². The second-order valence-electron chi connectivity index (χ2n) is 5.13. The minimum absolute atomic E-state index is 0.534. The van der Waals surface area contributed by atoms with Gasteiger partial charge < -0.3 is 0 Å². The largest absolute Gasteiger partial charge is 0.165 e. The maximum Gasteiger partial charge on any atom is -0.00420 e. The minimum Gasteiger partial charge on any atom is -0.165 e. The van der Waals surface area contributed by atoms with Crippen molar-refractivity contribution in [3.8, 4) is 0 Å². The van der Waals surface area contributed by atoms with Crippen molar-refractivity contribution in [3.63, 3.8) is 0 Å². The molecule has 0 spiro atoms. The Balaban J connectivity index is 3.91. The predicted molar refractivity (Wildman–Crippen MR) is 65.4 cm³/mol. The van der Waals surface area contributed by atoms with Gasteiger partial charge in [0, 0.05) is 0 Å². The van der Waals surface area contributed by atoms with Gasteiger partial charge in [-0.05, 0) is 35.7 Å². The van der Waals surface area contributed by atoms with Crippen LogP contribution in [0.15, 0.2) is 0 Å². The van der Waals surface area contributed by atoms with E-state index in [0.717, 1.165) is 11.8 Å². The van der Waals surface area contributed by atoms with Crippen LogP contribution in [-0.2, 0) is 0 Å². The monoisotopic (exact) mass is 202 g/mol. The number of hydrogen-bond acceptors (Lipinski definition) is 1. The van der Waals surface area contributed by atoms with Gasteiger partial charge in [-0.25, -0.2) is 0 Å². The summed E-state index contributed by atoms with van der Waals surface area (Å²) < 4.78 is 0. The van der Waals surface area contributed by atoms with E-state index in [-0.39, 0.29) is 0 Å². The van der Waals surface area contributed by atoms with E-state index in [9.17, 15) is 0 Å². The minimum atomic E-state index is 0.534. The Kier molecular flexibility index (Phi) is 6.11. The zero-order valence-corrected chi connectivity index (χ0v) is 11.0. The number of rotatable bonds is 6. The van der Waals surface area contributed by atoms with Crippen molar-refractivity contribution < 1.29 is 0 Å². The second-order valence-corrected chi connectivity index (χ2v) is 6.04. The molecule has 0 rings (SSSR count). The van der Waals surface area contributed by atoms with Gasteiger partial charge in [-0.15, -0.1) is 0 Å². The van der Waals surface area contributed by atoms with Crippen LogP contribution in [0.25, 0.3) is 0 Å². The molecule has 0 heterocycles. The van der Waals surface area contributed by atoms with E-state index in [1.165, 1.54) is 18.6 Å². The maximum atomic E-state index is 2.40. The first kappa shape index (κ1) is 13.4. The summed E-state index contributed by atoms with van der Waals surface area (Å²) >= 11 is 1.97. The molecule has 0 nitrogen and oxygen atoms in total. The Hall–Kier alpha value is 0.350. The van der Waals surface area contributed by atoms with E-state index >= 15 is 0 Å². The third-order valence-electron chi connectivity index (χ3n) is 3.23. The molecule has 0 amide bonds. The quantitative estimate of drug-likeness (QED) is 0.613. The first-order valence-corrected chi connectivity index (χ1v) is 6.81. The lowest BCUT2D eigenvalue weighted by molar-refractivity contribution is 0.232. The van der Waals surface area contributed by atoms with Crippen molar-refractivity contribution in [1.82, 2.24) is 0 Å². The van der Waals surface area contributed by atoms with Gasteiger partial charge in [0.2, 0.25) is 0 Å². The van der Waals surface area contributed by atoms with Crippen molar-refractivity contribution >= 4 is 11.8 Å². The summed E-state index contributed by atoms with van der Waals surface area (Å²) in [5.74, 6) is 3.03. The fraction of sp³-hybridized carbons (Fsp3) is 1.00. The molecule has 0 aliphatic rings. The summed E-state index contributed by atoms with van der Waals surface area (Å²) in [6, 6.07) is 0. The summed E-state index contributed by atoms with van der Waals surface area (Å²) in [5, 5.41) is 0. The van der Waals surface area contributed by atoms with Crippen LogP contribution in [0.4, 0.5) is 0 Å². The van der Waals surface area contributed by atoms with Crippen molar-refractivity contribution in [1.29, 1.82) is 0 Å². The van der Waals surface area contributed by atoms with Gasteiger partial charge in [0.25, 0.3) is 0 Å². The average Bonchev–Trinajstić information content (AvgIpc) is 2.04. The van der Waals surface area contributed by atoms with Crippen molar-refractivity contribution in [2.45, 2.75) is 47.5 Å². The molecule has 1 heteroatoms. The standard InChI is InChI=1S/C12H26S/c1-7-12(4,5)8-10(2)11(3)9-13-6/h10-11H,7-9H2,1-6H3/t10?,11-/m1/s1. The Labute approximate surface area is 88.9 Å². The second kappa shape index (κ2) is 5.95. The molecule has 0 aromatic carbocycles. The molecule has 0 aliphatic carbocycles. The first-order valence-electron chi connectivity index (χ1n) is 5.42. The molecule has 2 atom stereocenters. The molecule has 0 saturated carbocycles. The van der Waals surface area contributed by atoms with E-state index in [4.69, 9.17) is 0 Å². The lowest BCUT2D eigenvalue weighted by Gasteiger charge is -2.29. The van der Waals surface area contributed by atoms with Gasteiger partial charge >= 0.3 is 0 Å². The summed E-state index contributed by atoms with van der Waals surface area (Å²) in [7, 11) is 0. The van der Waals surface area contributed by atoms with Crippen LogP contribution in [-0.4, -0.2) is 12.0 Å². The van der Waals surface area contributed by atoms with E-state index in [1.54, 1.807) is 0 Å². The molecule has 0 aliphatic heterocycles. The van der Waals surface area contributed by atoms with Gasteiger partial charge in [0.05, 0.1) is 0 Å². The van der Waals surface area contributed by atoms with Gasteiger partial charge in [-0.1, -0.05) is 41.0 Å². The zero-order chi connectivity index (χ0) is 10.5. The first-order chi connectivity index (χ1) is 5.93. The highest BCUT2D eigenvalue weighted by atomic mass is 32.2. The third kappa shape index (κ3) is 5.61. The van der Waals surface area contributed by atoms with E-state index in [0.29, 0.717) is 5.41 Å². The van der Waals surface area contributed by atoms with Crippen molar-refractivity contribution in [2.75, 3.05) is 12.0 Å². The molecule has 0 aromatic heterocycles. The van der Waals surface area contributed by atoms with Crippen LogP contribution < -0.4 is 0 Å². The molecule has 80 valence electrons. The molecule has 0 bridgehead atoms. The highest BCUT2D eigenvalue weighted by Gasteiger charge is 2.21. The number of hydrogen-bond donors (Lipinski definition) is 0. The highest BCUT2D eigenvalue weighted by molar-refractivity contribution is 7.98. The summed E-state index contributed by atoms with van der Waals surface area (Å²) in [4.78, 5) is 0. The third-order valence-corrected chi connectivity index (χ3v) is 4.09. The van der Waals surface area contributed by atoms with Gasteiger partial charge in [0.1, 0.15) is 0 Å². The Morgan fingerprint density at radius 2 is 1.69 bits per heavy atom. The lowest BCUT2D eigenvalue weighted by Crippen LogP contribution is -2.20. The fourth-order valence-electron chi connectivity index (χ4n) is 1.64. The van der Waals surface area contributed by atoms with Crippen LogP contribution in [0.2, 0.25) is 0 Å².